The molecular weight excluding hydrogens is 1510 g/mol. The Bertz CT molecular complexity index is 5500. The highest BCUT2D eigenvalue weighted by Gasteiger charge is 2.26. The van der Waals surface area contributed by atoms with E-state index in [9.17, 15) is 67.1 Å². The fourth-order valence-corrected chi connectivity index (χ4v) is 12.0. The van der Waals surface area contributed by atoms with Crippen LogP contribution in [0.4, 0.5) is 57.4 Å². The molecule has 43 nitrogen and oxygen atoms in total. The molecule has 610 valence electrons. The van der Waals surface area contributed by atoms with Crippen molar-refractivity contribution in [1.82, 2.24) is 91.8 Å². The van der Waals surface area contributed by atoms with Crippen molar-refractivity contribution in [2.24, 2.45) is 70.5 Å². The molecule has 0 saturated carbocycles. The lowest BCUT2D eigenvalue weighted by atomic mass is 10.3. The average molecular weight is 1600 g/mol. The van der Waals surface area contributed by atoms with E-state index in [0.717, 1.165) is 13.0 Å². The van der Waals surface area contributed by atoms with Gasteiger partial charge in [0.25, 0.3) is 59.1 Å². The summed E-state index contributed by atoms with van der Waals surface area (Å²) >= 11 is 0. The third kappa shape index (κ3) is 21.4. The van der Waals surface area contributed by atoms with Crippen LogP contribution in [0.5, 0.6) is 0 Å². The zero-order chi connectivity index (χ0) is 84.1. The van der Waals surface area contributed by atoms with Crippen molar-refractivity contribution < 1.29 is 67.1 Å². The molecule has 0 aliphatic rings. The van der Waals surface area contributed by atoms with Crippen molar-refractivity contribution in [3.05, 3.63) is 156 Å². The maximum absolute atomic E-state index is 13.4. The van der Waals surface area contributed by atoms with Crippen LogP contribution in [0.1, 0.15) is 144 Å². The van der Waals surface area contributed by atoms with Crippen LogP contribution >= 0.6 is 0 Å². The first-order valence-corrected chi connectivity index (χ1v) is 36.0. The highest BCUT2D eigenvalue weighted by Crippen LogP contribution is 2.24. The van der Waals surface area contributed by atoms with Crippen LogP contribution < -0.4 is 74.4 Å². The first-order valence-electron chi connectivity index (χ1n) is 36.0. The van der Waals surface area contributed by atoms with E-state index in [1.807, 2.05) is 19.0 Å². The first-order chi connectivity index (χ1) is 55.0. The fourth-order valence-electron chi connectivity index (χ4n) is 12.0. The zero-order valence-electron chi connectivity index (χ0n) is 65.7. The summed E-state index contributed by atoms with van der Waals surface area (Å²) in [5.74, 6) is -7.14. The van der Waals surface area contributed by atoms with Crippen molar-refractivity contribution in [3.63, 3.8) is 0 Å². The van der Waals surface area contributed by atoms with Gasteiger partial charge in [0.15, 0.2) is 23.3 Å². The van der Waals surface area contributed by atoms with Gasteiger partial charge in [-0.1, -0.05) is 0 Å². The molecule has 0 fully saturated rings. The van der Waals surface area contributed by atoms with Gasteiger partial charge in [0, 0.05) is 185 Å². The normalized spacial score (nSPS) is 11.0. The molecule has 0 spiro atoms. The Morgan fingerprint density at radius 1 is 0.276 bits per heavy atom. The van der Waals surface area contributed by atoms with Gasteiger partial charge in [-0.3, -0.25) is 67.1 Å². The summed E-state index contributed by atoms with van der Waals surface area (Å²) in [6, 6.07) is 8.81. The molecule has 0 aliphatic heterocycles. The van der Waals surface area contributed by atoms with Crippen LogP contribution in [0.15, 0.2) is 98.4 Å². The van der Waals surface area contributed by atoms with Gasteiger partial charge in [0.1, 0.15) is 34.2 Å². The van der Waals surface area contributed by atoms with Crippen LogP contribution in [0, 0.1) is 0 Å². The highest BCUT2D eigenvalue weighted by molar-refractivity contribution is 6.10. The molecule has 10 heterocycles. The Morgan fingerprint density at radius 2 is 0.509 bits per heavy atom. The molecule has 10 rings (SSSR count). The van der Waals surface area contributed by atoms with Crippen LogP contribution in [0.3, 0.4) is 0 Å². The summed E-state index contributed by atoms with van der Waals surface area (Å²) in [5, 5.41) is 37.7. The van der Waals surface area contributed by atoms with E-state index >= 15 is 0 Å². The molecule has 0 aromatic carbocycles. The number of nitrogens with zero attached hydrogens (tertiary/aromatic N) is 15. The van der Waals surface area contributed by atoms with E-state index in [2.05, 4.69) is 94.4 Å². The fraction of sp³-hybridized carbons (Fsp3) is 0.315. The molecule has 14 N–H and O–H groups in total. The van der Waals surface area contributed by atoms with E-state index in [-0.39, 0.29) is 155 Å². The average Bonchev–Trinajstić information content (AvgIpc) is 1.68. The number of hydrogen-bond donors (Lipinski definition) is 14. The number of carbonyl (C=O) groups is 14. The summed E-state index contributed by atoms with van der Waals surface area (Å²) < 4.78 is 14.7. The van der Waals surface area contributed by atoms with Gasteiger partial charge in [-0.15, -0.1) is 0 Å². The van der Waals surface area contributed by atoms with E-state index < -0.39 is 70.9 Å². The van der Waals surface area contributed by atoms with Crippen molar-refractivity contribution in [2.45, 2.75) is 39.0 Å². The predicted octanol–water partition coefficient (Wildman–Crippen LogP) is 2.47. The number of aromatic nitrogens is 14. The maximum atomic E-state index is 13.4. The van der Waals surface area contributed by atoms with Gasteiger partial charge < -0.3 is 125 Å². The van der Waals surface area contributed by atoms with Crippen molar-refractivity contribution >= 4 is 140 Å². The number of nitrogens with one attached hydrogen (secondary N) is 14. The Balaban J connectivity index is 0.595. The van der Waals surface area contributed by atoms with Gasteiger partial charge in [-0.05, 0) is 69.9 Å². The summed E-state index contributed by atoms with van der Waals surface area (Å²) in [6.45, 7) is 2.51. The smallest absolute Gasteiger partial charge is 0.291 e. The third-order valence-electron chi connectivity index (χ3n) is 17.6. The quantitative estimate of drug-likeness (QED) is 0.0258. The highest BCUT2D eigenvalue weighted by atomic mass is 16.2. The minimum atomic E-state index is -0.663. The lowest BCUT2D eigenvalue weighted by Crippen LogP contribution is -2.29. The van der Waals surface area contributed by atoms with E-state index in [1.54, 1.807) is 93.5 Å². The number of hydrogen-bond acceptors (Lipinski definition) is 19. The van der Waals surface area contributed by atoms with E-state index in [4.69, 9.17) is 0 Å². The number of rotatable bonds is 34. The van der Waals surface area contributed by atoms with Gasteiger partial charge >= 0.3 is 0 Å². The molecule has 0 atom stereocenters. The van der Waals surface area contributed by atoms with Crippen LogP contribution in [0.2, 0.25) is 0 Å². The predicted molar refractivity (Wildman–Crippen MR) is 424 cm³/mol. The Labute approximate surface area is 661 Å². The van der Waals surface area contributed by atoms with Crippen molar-refractivity contribution in [1.29, 1.82) is 0 Å². The van der Waals surface area contributed by atoms with E-state index in [1.165, 1.54) is 128 Å². The number of carbonyl (C=O) groups excluding carboxylic acids is 14. The molecule has 0 bridgehead atoms. The molecule has 0 aliphatic carbocycles. The molecule has 0 unspecified atom stereocenters. The molecule has 0 radical (unpaired) electrons. The molecule has 10 aromatic rings. The zero-order valence-corrected chi connectivity index (χ0v) is 65.7. The molecule has 10 aromatic heterocycles. The minimum Gasteiger partial charge on any atom is -0.351 e. The molecule has 116 heavy (non-hydrogen) atoms. The van der Waals surface area contributed by atoms with Gasteiger partial charge in [-0.2, -0.15) is 0 Å². The van der Waals surface area contributed by atoms with Crippen LogP contribution in [0.25, 0.3) is 0 Å². The monoisotopic (exact) mass is 1600 g/mol. The summed E-state index contributed by atoms with van der Waals surface area (Å²) in [6.07, 6.45) is 15.6. The lowest BCUT2D eigenvalue weighted by molar-refractivity contribution is -0.117. The van der Waals surface area contributed by atoms with Gasteiger partial charge in [-0.25, -0.2) is 19.9 Å². The number of anilines is 10. The van der Waals surface area contributed by atoms with Crippen molar-refractivity contribution in [3.8, 4) is 0 Å². The van der Waals surface area contributed by atoms with Crippen LogP contribution in [-0.4, -0.2) is 200 Å². The SMILES string of the molecule is CC(=O)Nc1cn(C)c(C(=O)Nc2cc(C(=O)Nc3cc(C(=O)NCCC(=O)Nc4cn(C)c(C(=O)Nc5cc(C(=O)NCCCC(=O)Nc6cn(C)c(C(=O)Nc7cc(C(=O)NCCC(=O)Nc8cn(C)c(C(=O)Nc9cc(C(=O)Nc%10cc(C(=O)NCCCN(C)C)n(C)c%10)n(C)c9)n8)n(C)c7)n6)n(C)c5)n4)n(C)c3)n(C)c2)n1. The van der Waals surface area contributed by atoms with Gasteiger partial charge in [0.05, 0.1) is 34.1 Å². The standard InChI is InChI=1S/C73H89N29O14/c1-40(103)78-53-36-99(10)60(88-53)70(113)83-45-28-51(97(8)34-45)69(112)80-42-25-49(94(5)31-42)66(109)76-21-17-58(105)86-55-38-101(12)62(90-55)72(115)81-43-26-48(95(6)32-43)64(107)74-19-14-16-57(104)85-54-37-100(11)61(89-54)71(114)82-44-27-50(96(7)33-44)67(110)77-22-18-59(106)87-56-39-102(13)63(91-56)73(116)84-46-29-52(98(9)35-46)68(111)79-41-24-47(93(4)30-41)65(108)75-20-15-23-92(2)3/h24-39H,14-23H2,1-13H3,(H,74,107)(H,75,108)(H,76,109)(H,77,110)(H,78,103)(H,79,111)(H,80,112)(H,81,115)(H,82,114)(H,83,113)(H,84,116)(H,85,104)(H,86,105)(H,87,106). The second-order valence-electron chi connectivity index (χ2n) is 27.4. The Hall–Kier alpha value is -14.9. The Morgan fingerprint density at radius 3 is 0.776 bits per heavy atom. The minimum absolute atomic E-state index is 0.0177. The lowest BCUT2D eigenvalue weighted by Gasteiger charge is -2.10. The molecule has 43 heteroatoms. The molecule has 0 saturated heterocycles. The number of aryl methyl sites for hydroxylation is 10. The second-order valence-corrected chi connectivity index (χ2v) is 27.4. The Kier molecular flexibility index (Phi) is 26.3. The number of imidazole rings is 4. The largest absolute Gasteiger partial charge is 0.351 e. The van der Waals surface area contributed by atoms with Gasteiger partial charge in [0.2, 0.25) is 46.9 Å². The second kappa shape index (κ2) is 36.5. The number of amides is 14. The summed E-state index contributed by atoms with van der Waals surface area (Å²) in [5.41, 5.74) is 3.00. The first kappa shape index (κ1) is 83.5. The molecular formula is C73H89N29O14. The molecule has 14 amide bonds. The summed E-state index contributed by atoms with van der Waals surface area (Å²) in [4.78, 5) is 202. The topological polar surface area (TPSA) is 511 Å². The van der Waals surface area contributed by atoms with Crippen molar-refractivity contribution in [2.75, 3.05) is 100.0 Å². The van der Waals surface area contributed by atoms with E-state index in [0.29, 0.717) is 23.6 Å². The van der Waals surface area contributed by atoms with Crippen LogP contribution in [-0.2, 0) is 89.7 Å². The summed E-state index contributed by atoms with van der Waals surface area (Å²) in [7, 11) is 19.8. The third-order valence-corrected chi connectivity index (χ3v) is 17.6. The maximum Gasteiger partial charge on any atom is 0.291 e.